The summed E-state index contributed by atoms with van der Waals surface area (Å²) in [7, 11) is 1.70. The molecule has 0 unspecified atom stereocenters. The number of anilines is 1. The number of halogens is 4. The van der Waals surface area contributed by atoms with E-state index in [1.165, 1.54) is 0 Å². The molecule has 2 rings (SSSR count). The second-order valence-corrected chi connectivity index (χ2v) is 6.74. The van der Waals surface area contributed by atoms with Crippen LogP contribution in [0.4, 0.5) is 19.1 Å². The van der Waals surface area contributed by atoms with Crippen LogP contribution < -0.4 is 16.0 Å². The summed E-state index contributed by atoms with van der Waals surface area (Å²) in [5.74, 6) is 0.639. The second kappa shape index (κ2) is 11.6. The van der Waals surface area contributed by atoms with Crippen LogP contribution in [0.1, 0.15) is 32.4 Å². The molecule has 7 nitrogen and oxygen atoms in total. The van der Waals surface area contributed by atoms with E-state index < -0.39 is 11.9 Å². The Morgan fingerprint density at radius 3 is 2.54 bits per heavy atom. The molecule has 0 amide bonds. The van der Waals surface area contributed by atoms with Gasteiger partial charge in [0.15, 0.2) is 5.96 Å². The summed E-state index contributed by atoms with van der Waals surface area (Å²) in [6.07, 6.45) is -1.28. The molecule has 1 aromatic heterocycles. The van der Waals surface area contributed by atoms with E-state index in [2.05, 4.69) is 49.7 Å². The van der Waals surface area contributed by atoms with Crippen LogP contribution in [0.5, 0.6) is 0 Å². The number of hydrogen-bond donors (Lipinski definition) is 3. The number of aliphatic imine (C=N–C) groups is 1. The van der Waals surface area contributed by atoms with Gasteiger partial charge in [-0.25, -0.2) is 9.97 Å². The van der Waals surface area contributed by atoms with Gasteiger partial charge in [-0.3, -0.25) is 4.99 Å². The molecule has 3 N–H and O–H groups in total. The van der Waals surface area contributed by atoms with Gasteiger partial charge in [0.2, 0.25) is 5.95 Å². The SMILES string of the molecule is CN=C(NCCNc1nccc(C(F)(F)F)n1)NC1CCN(C(C)C)CC1.I. The zero-order chi connectivity index (χ0) is 19.9. The number of alkyl halides is 3. The molecule has 1 aliphatic rings. The number of rotatable bonds is 6. The predicted molar refractivity (Wildman–Crippen MR) is 115 cm³/mol. The molecule has 0 radical (unpaired) electrons. The van der Waals surface area contributed by atoms with Crippen molar-refractivity contribution in [3.05, 3.63) is 18.0 Å². The van der Waals surface area contributed by atoms with E-state index in [-0.39, 0.29) is 29.9 Å². The van der Waals surface area contributed by atoms with Crippen LogP contribution in [0.3, 0.4) is 0 Å². The maximum atomic E-state index is 12.6. The highest BCUT2D eigenvalue weighted by Gasteiger charge is 2.32. The van der Waals surface area contributed by atoms with E-state index in [4.69, 9.17) is 0 Å². The fraction of sp³-hybridized carbons (Fsp3) is 0.706. The third-order valence-electron chi connectivity index (χ3n) is 4.47. The molecular weight excluding hydrogens is 486 g/mol. The van der Waals surface area contributed by atoms with Gasteiger partial charge < -0.3 is 20.9 Å². The standard InChI is InChI=1S/C17H28F3N7.HI/c1-12(2)27-10-5-13(6-11-27)25-15(21-3)23-8-9-24-16-22-7-4-14(26-16)17(18,19)20;/h4,7,12-13H,5-6,8-11H2,1-3H3,(H2,21,23,25)(H,22,24,26);1H. The van der Waals surface area contributed by atoms with E-state index in [9.17, 15) is 13.2 Å². The van der Waals surface area contributed by atoms with Crippen LogP contribution in [0.2, 0.25) is 0 Å². The van der Waals surface area contributed by atoms with Crippen molar-refractivity contribution in [1.82, 2.24) is 25.5 Å². The van der Waals surface area contributed by atoms with Crippen LogP contribution in [0.15, 0.2) is 17.3 Å². The Hall–Kier alpha value is -1.37. The highest BCUT2D eigenvalue weighted by atomic mass is 127. The van der Waals surface area contributed by atoms with Gasteiger partial charge in [0.1, 0.15) is 5.69 Å². The zero-order valence-electron chi connectivity index (χ0n) is 16.4. The van der Waals surface area contributed by atoms with Crippen molar-refractivity contribution < 1.29 is 13.2 Å². The van der Waals surface area contributed by atoms with E-state index in [0.717, 1.165) is 38.2 Å². The summed E-state index contributed by atoms with van der Waals surface area (Å²) < 4.78 is 37.9. The van der Waals surface area contributed by atoms with E-state index in [1.54, 1.807) is 7.05 Å². The van der Waals surface area contributed by atoms with Gasteiger partial charge in [0.25, 0.3) is 0 Å². The molecule has 160 valence electrons. The largest absolute Gasteiger partial charge is 0.433 e. The molecule has 1 fully saturated rings. The molecule has 1 aliphatic heterocycles. The number of hydrogen-bond acceptors (Lipinski definition) is 5. The Kier molecular flexibility index (Phi) is 10.2. The number of likely N-dealkylation sites (tertiary alicyclic amines) is 1. The minimum absolute atomic E-state index is 0. The molecular formula is C17H29F3IN7. The normalized spacial score (nSPS) is 16.6. The molecule has 0 spiro atoms. The summed E-state index contributed by atoms with van der Waals surface area (Å²) in [5, 5.41) is 9.33. The van der Waals surface area contributed by atoms with Crippen molar-refractivity contribution in [2.45, 2.75) is 44.9 Å². The van der Waals surface area contributed by atoms with Gasteiger partial charge >= 0.3 is 6.18 Å². The number of aromatic nitrogens is 2. The summed E-state index contributed by atoms with van der Waals surface area (Å²) in [5.41, 5.74) is -0.960. The zero-order valence-corrected chi connectivity index (χ0v) is 18.7. The summed E-state index contributed by atoms with van der Waals surface area (Å²) in [6.45, 7) is 7.37. The maximum absolute atomic E-state index is 12.6. The fourth-order valence-electron chi connectivity index (χ4n) is 2.91. The van der Waals surface area contributed by atoms with Crippen molar-refractivity contribution in [3.63, 3.8) is 0 Å². The van der Waals surface area contributed by atoms with E-state index in [0.29, 0.717) is 31.1 Å². The average Bonchev–Trinajstić information content (AvgIpc) is 2.64. The first-order valence-corrected chi connectivity index (χ1v) is 9.15. The number of piperidine rings is 1. The summed E-state index contributed by atoms with van der Waals surface area (Å²) in [4.78, 5) is 13.9. The minimum atomic E-state index is -4.48. The van der Waals surface area contributed by atoms with Crippen molar-refractivity contribution in [2.75, 3.05) is 38.5 Å². The average molecular weight is 515 g/mol. The Morgan fingerprint density at radius 2 is 1.96 bits per heavy atom. The molecule has 1 saturated heterocycles. The van der Waals surface area contributed by atoms with Gasteiger partial charge in [-0.05, 0) is 32.8 Å². The lowest BCUT2D eigenvalue weighted by atomic mass is 10.0. The predicted octanol–water partition coefficient (Wildman–Crippen LogP) is 2.56. The van der Waals surface area contributed by atoms with Crippen LogP contribution in [0.25, 0.3) is 0 Å². The first kappa shape index (κ1) is 24.7. The van der Waals surface area contributed by atoms with Crippen LogP contribution in [-0.4, -0.2) is 66.1 Å². The molecule has 11 heteroatoms. The lowest BCUT2D eigenvalue weighted by molar-refractivity contribution is -0.141. The number of nitrogens with one attached hydrogen (secondary N) is 3. The van der Waals surface area contributed by atoms with Gasteiger partial charge in [-0.15, -0.1) is 24.0 Å². The second-order valence-electron chi connectivity index (χ2n) is 6.74. The van der Waals surface area contributed by atoms with Crippen molar-refractivity contribution in [2.24, 2.45) is 4.99 Å². The molecule has 2 heterocycles. The smallest absolute Gasteiger partial charge is 0.355 e. The van der Waals surface area contributed by atoms with Gasteiger partial charge in [-0.1, -0.05) is 0 Å². The van der Waals surface area contributed by atoms with Crippen molar-refractivity contribution >= 4 is 35.9 Å². The third-order valence-corrected chi connectivity index (χ3v) is 4.47. The molecule has 28 heavy (non-hydrogen) atoms. The third kappa shape index (κ3) is 7.94. The lowest BCUT2D eigenvalue weighted by Gasteiger charge is -2.35. The molecule has 0 atom stereocenters. The minimum Gasteiger partial charge on any atom is -0.355 e. The number of nitrogens with zero attached hydrogens (tertiary/aromatic N) is 4. The number of guanidine groups is 1. The molecule has 1 aromatic rings. The Labute approximate surface area is 181 Å². The molecule has 0 aromatic carbocycles. The topological polar surface area (TPSA) is 77.5 Å². The fourth-order valence-corrected chi connectivity index (χ4v) is 2.91. The summed E-state index contributed by atoms with van der Waals surface area (Å²) in [6, 6.07) is 1.78. The molecule has 0 bridgehead atoms. The van der Waals surface area contributed by atoms with Crippen LogP contribution in [-0.2, 0) is 6.18 Å². The van der Waals surface area contributed by atoms with Crippen molar-refractivity contribution in [3.8, 4) is 0 Å². The van der Waals surface area contributed by atoms with Crippen molar-refractivity contribution in [1.29, 1.82) is 0 Å². The maximum Gasteiger partial charge on any atom is 0.433 e. The quantitative estimate of drug-likeness (QED) is 0.234. The first-order valence-electron chi connectivity index (χ1n) is 9.15. The molecule has 0 saturated carbocycles. The Balaban J connectivity index is 0.00000392. The van der Waals surface area contributed by atoms with Gasteiger partial charge in [0.05, 0.1) is 0 Å². The van der Waals surface area contributed by atoms with Gasteiger partial charge in [0, 0.05) is 51.5 Å². The Bertz CT molecular complexity index is 617. The van der Waals surface area contributed by atoms with Crippen LogP contribution >= 0.6 is 24.0 Å². The highest BCUT2D eigenvalue weighted by molar-refractivity contribution is 14.0. The van der Waals surface area contributed by atoms with E-state index in [1.807, 2.05) is 0 Å². The molecule has 0 aliphatic carbocycles. The van der Waals surface area contributed by atoms with Gasteiger partial charge in [-0.2, -0.15) is 13.2 Å². The first-order chi connectivity index (χ1) is 12.8. The van der Waals surface area contributed by atoms with Crippen LogP contribution in [0, 0.1) is 0 Å². The van der Waals surface area contributed by atoms with E-state index >= 15 is 0 Å². The monoisotopic (exact) mass is 515 g/mol. The Morgan fingerprint density at radius 1 is 1.29 bits per heavy atom. The lowest BCUT2D eigenvalue weighted by Crippen LogP contribution is -2.50. The highest BCUT2D eigenvalue weighted by Crippen LogP contribution is 2.27. The summed E-state index contributed by atoms with van der Waals surface area (Å²) >= 11 is 0.